The Kier molecular flexibility index (Phi) is 1.08. The smallest absolute Gasteiger partial charge is 0.0589 e. The van der Waals surface area contributed by atoms with Gasteiger partial charge in [0, 0.05) is 12.6 Å². The SMILES string of the molecule is CN1C[C@H]2C[C@H]2[C@@H]1CO. The van der Waals surface area contributed by atoms with Crippen LogP contribution in [0, 0.1) is 11.8 Å². The number of aliphatic hydroxyl groups is 1. The van der Waals surface area contributed by atoms with Crippen LogP contribution in [0.25, 0.3) is 0 Å². The summed E-state index contributed by atoms with van der Waals surface area (Å²) in [6.07, 6.45) is 1.37. The quantitative estimate of drug-likeness (QED) is 0.533. The lowest BCUT2D eigenvalue weighted by atomic mass is 10.2. The maximum absolute atomic E-state index is 8.89. The highest BCUT2D eigenvalue weighted by Crippen LogP contribution is 2.48. The van der Waals surface area contributed by atoms with Crippen molar-refractivity contribution >= 4 is 0 Å². The van der Waals surface area contributed by atoms with Gasteiger partial charge in [0.25, 0.3) is 0 Å². The van der Waals surface area contributed by atoms with Gasteiger partial charge in [0.2, 0.25) is 0 Å². The highest BCUT2D eigenvalue weighted by atomic mass is 16.3. The average molecular weight is 127 g/mol. The number of nitrogens with zero attached hydrogens (tertiary/aromatic N) is 1. The molecule has 1 saturated heterocycles. The summed E-state index contributed by atoms with van der Waals surface area (Å²) >= 11 is 0. The van der Waals surface area contributed by atoms with Gasteiger partial charge in [-0.05, 0) is 25.3 Å². The molecular formula is C7H13NO. The molecule has 0 aromatic carbocycles. The first kappa shape index (κ1) is 5.69. The van der Waals surface area contributed by atoms with E-state index in [9.17, 15) is 0 Å². The third-order valence-corrected chi connectivity index (χ3v) is 2.75. The Bertz CT molecular complexity index is 124. The van der Waals surface area contributed by atoms with Crippen molar-refractivity contribution in [2.24, 2.45) is 11.8 Å². The molecule has 1 aliphatic carbocycles. The van der Waals surface area contributed by atoms with Gasteiger partial charge in [-0.3, -0.25) is 0 Å². The van der Waals surface area contributed by atoms with E-state index in [4.69, 9.17) is 5.11 Å². The maximum Gasteiger partial charge on any atom is 0.0589 e. The monoisotopic (exact) mass is 127 g/mol. The Morgan fingerprint density at radius 1 is 1.67 bits per heavy atom. The minimum absolute atomic E-state index is 0.359. The third-order valence-electron chi connectivity index (χ3n) is 2.75. The van der Waals surface area contributed by atoms with Crippen LogP contribution in [0.1, 0.15) is 6.42 Å². The molecule has 9 heavy (non-hydrogen) atoms. The highest BCUT2D eigenvalue weighted by Gasteiger charge is 2.50. The Morgan fingerprint density at radius 3 is 2.78 bits per heavy atom. The van der Waals surface area contributed by atoms with Crippen LogP contribution in [0.5, 0.6) is 0 Å². The van der Waals surface area contributed by atoms with Crippen molar-refractivity contribution in [3.63, 3.8) is 0 Å². The lowest BCUT2D eigenvalue weighted by Crippen LogP contribution is -2.32. The van der Waals surface area contributed by atoms with E-state index in [-0.39, 0.29) is 0 Å². The van der Waals surface area contributed by atoms with Crippen molar-refractivity contribution in [2.75, 3.05) is 20.2 Å². The fourth-order valence-electron chi connectivity index (χ4n) is 2.06. The maximum atomic E-state index is 8.89. The van der Waals surface area contributed by atoms with Gasteiger partial charge in [-0.15, -0.1) is 0 Å². The largest absolute Gasteiger partial charge is 0.395 e. The van der Waals surface area contributed by atoms with Crippen molar-refractivity contribution in [1.82, 2.24) is 4.90 Å². The summed E-state index contributed by atoms with van der Waals surface area (Å²) in [6, 6.07) is 0.495. The van der Waals surface area contributed by atoms with E-state index in [2.05, 4.69) is 11.9 Å². The van der Waals surface area contributed by atoms with Gasteiger partial charge in [0.05, 0.1) is 6.61 Å². The number of rotatable bonds is 1. The summed E-state index contributed by atoms with van der Waals surface area (Å²) in [5.41, 5.74) is 0. The zero-order valence-electron chi connectivity index (χ0n) is 5.75. The molecule has 1 N–H and O–H groups in total. The van der Waals surface area contributed by atoms with Crippen LogP contribution < -0.4 is 0 Å². The Labute approximate surface area is 55.5 Å². The van der Waals surface area contributed by atoms with Crippen LogP contribution in [0.3, 0.4) is 0 Å². The zero-order chi connectivity index (χ0) is 6.43. The van der Waals surface area contributed by atoms with E-state index >= 15 is 0 Å². The normalized spacial score (nSPS) is 49.3. The van der Waals surface area contributed by atoms with Gasteiger partial charge in [-0.2, -0.15) is 0 Å². The van der Waals surface area contributed by atoms with Gasteiger partial charge in [0.1, 0.15) is 0 Å². The fourth-order valence-corrected chi connectivity index (χ4v) is 2.06. The summed E-state index contributed by atoms with van der Waals surface area (Å²) in [6.45, 7) is 1.58. The van der Waals surface area contributed by atoms with E-state index in [0.29, 0.717) is 12.6 Å². The molecule has 0 amide bonds. The van der Waals surface area contributed by atoms with E-state index in [1.807, 2.05) is 0 Å². The number of likely N-dealkylation sites (tertiary alicyclic amines) is 1. The molecular weight excluding hydrogens is 114 g/mol. The summed E-state index contributed by atoms with van der Waals surface area (Å²) < 4.78 is 0. The molecule has 1 saturated carbocycles. The van der Waals surface area contributed by atoms with Gasteiger partial charge in [-0.1, -0.05) is 0 Å². The molecule has 1 aliphatic heterocycles. The minimum atomic E-state index is 0.359. The van der Waals surface area contributed by atoms with Gasteiger partial charge >= 0.3 is 0 Å². The number of piperidine rings is 1. The minimum Gasteiger partial charge on any atom is -0.395 e. The molecule has 0 spiro atoms. The highest BCUT2D eigenvalue weighted by molar-refractivity contribution is 5.02. The molecule has 2 rings (SSSR count). The molecule has 3 atom stereocenters. The first-order valence-electron chi connectivity index (χ1n) is 3.64. The first-order valence-corrected chi connectivity index (χ1v) is 3.64. The van der Waals surface area contributed by atoms with Crippen LogP contribution in [0.15, 0.2) is 0 Å². The van der Waals surface area contributed by atoms with Gasteiger partial charge in [-0.25, -0.2) is 0 Å². The zero-order valence-corrected chi connectivity index (χ0v) is 5.75. The second-order valence-electron chi connectivity index (χ2n) is 3.35. The average Bonchev–Trinajstić information content (AvgIpc) is 2.45. The van der Waals surface area contributed by atoms with Gasteiger partial charge in [0.15, 0.2) is 0 Å². The van der Waals surface area contributed by atoms with Gasteiger partial charge < -0.3 is 10.0 Å². The first-order chi connectivity index (χ1) is 4.33. The second kappa shape index (κ2) is 1.70. The molecule has 0 unspecified atom stereocenters. The summed E-state index contributed by atoms with van der Waals surface area (Å²) in [7, 11) is 2.10. The van der Waals surface area contributed by atoms with Crippen LogP contribution >= 0.6 is 0 Å². The number of hydrogen-bond acceptors (Lipinski definition) is 2. The van der Waals surface area contributed by atoms with E-state index in [1.54, 1.807) is 0 Å². The molecule has 0 aromatic rings. The molecule has 0 bridgehead atoms. The molecule has 0 radical (unpaired) electrons. The third kappa shape index (κ3) is 0.700. The van der Waals surface area contributed by atoms with Crippen molar-refractivity contribution in [3.8, 4) is 0 Å². The van der Waals surface area contributed by atoms with Crippen molar-refractivity contribution in [2.45, 2.75) is 12.5 Å². The number of fused-ring (bicyclic) bond motifs is 1. The molecule has 1 heterocycles. The standard InChI is InChI=1S/C7H13NO/c1-8-3-5-2-6(5)7(8)4-9/h5-7,9H,2-4H2,1H3/t5-,6-,7+/m1/s1. The van der Waals surface area contributed by atoms with E-state index < -0.39 is 0 Å². The summed E-state index contributed by atoms with van der Waals surface area (Å²) in [4.78, 5) is 2.28. The van der Waals surface area contributed by atoms with Crippen molar-refractivity contribution in [1.29, 1.82) is 0 Å². The predicted octanol–water partition coefficient (Wildman–Crippen LogP) is -0.0712. The number of aliphatic hydroxyl groups excluding tert-OH is 1. The molecule has 2 aliphatic rings. The van der Waals surface area contributed by atoms with Crippen LogP contribution in [-0.2, 0) is 0 Å². The lowest BCUT2D eigenvalue weighted by molar-refractivity contribution is 0.160. The lowest BCUT2D eigenvalue weighted by Gasteiger charge is -2.19. The molecule has 2 heteroatoms. The molecule has 0 aromatic heterocycles. The summed E-state index contributed by atoms with van der Waals surface area (Å²) in [5.74, 6) is 1.78. The second-order valence-corrected chi connectivity index (χ2v) is 3.35. The van der Waals surface area contributed by atoms with E-state index in [0.717, 1.165) is 11.8 Å². The molecule has 52 valence electrons. The number of hydrogen-bond donors (Lipinski definition) is 1. The molecule has 2 nitrogen and oxygen atoms in total. The van der Waals surface area contributed by atoms with Crippen molar-refractivity contribution < 1.29 is 5.11 Å². The van der Waals surface area contributed by atoms with Crippen LogP contribution in [0.2, 0.25) is 0 Å². The summed E-state index contributed by atoms with van der Waals surface area (Å²) in [5, 5.41) is 8.89. The van der Waals surface area contributed by atoms with Crippen LogP contribution in [0.4, 0.5) is 0 Å². The topological polar surface area (TPSA) is 23.5 Å². The molecule has 2 fully saturated rings. The predicted molar refractivity (Wildman–Crippen MR) is 35.1 cm³/mol. The Morgan fingerprint density at radius 2 is 2.44 bits per heavy atom. The van der Waals surface area contributed by atoms with Crippen molar-refractivity contribution in [3.05, 3.63) is 0 Å². The van der Waals surface area contributed by atoms with Crippen LogP contribution in [-0.4, -0.2) is 36.2 Å². The van der Waals surface area contributed by atoms with E-state index in [1.165, 1.54) is 13.0 Å². The Balaban J connectivity index is 2.02. The number of likely N-dealkylation sites (N-methyl/N-ethyl adjacent to an activating group) is 1. The Hall–Kier alpha value is -0.0800. The fraction of sp³-hybridized carbons (Fsp3) is 1.00.